The van der Waals surface area contributed by atoms with Gasteiger partial charge in [-0.1, -0.05) is 29.5 Å². The van der Waals surface area contributed by atoms with Gasteiger partial charge in [-0.3, -0.25) is 14.3 Å². The SMILES string of the molecule is c1ccc2c(c1)CN(Cc1cn(CCn3cncn3)nn1)C2. The first-order valence-corrected chi connectivity index (χ1v) is 7.37. The summed E-state index contributed by atoms with van der Waals surface area (Å²) in [5.74, 6) is 0. The molecule has 0 atom stereocenters. The molecule has 0 spiro atoms. The van der Waals surface area contributed by atoms with Crippen LogP contribution in [0.4, 0.5) is 0 Å². The number of nitrogens with zero attached hydrogens (tertiary/aromatic N) is 7. The molecule has 7 heteroatoms. The van der Waals surface area contributed by atoms with Gasteiger partial charge < -0.3 is 0 Å². The third kappa shape index (κ3) is 2.75. The predicted octanol–water partition coefficient (Wildman–Crippen LogP) is 1.09. The molecule has 0 N–H and O–H groups in total. The fourth-order valence-corrected chi connectivity index (χ4v) is 2.82. The Morgan fingerprint density at radius 1 is 1.00 bits per heavy atom. The van der Waals surface area contributed by atoms with E-state index in [4.69, 9.17) is 0 Å². The molecule has 22 heavy (non-hydrogen) atoms. The van der Waals surface area contributed by atoms with Gasteiger partial charge in [0.05, 0.1) is 18.8 Å². The van der Waals surface area contributed by atoms with E-state index in [2.05, 4.69) is 49.6 Å². The lowest BCUT2D eigenvalue weighted by atomic mass is 10.1. The van der Waals surface area contributed by atoms with Crippen LogP contribution in [0.2, 0.25) is 0 Å². The van der Waals surface area contributed by atoms with Crippen LogP contribution in [0.3, 0.4) is 0 Å². The van der Waals surface area contributed by atoms with Gasteiger partial charge in [-0.2, -0.15) is 5.10 Å². The Morgan fingerprint density at radius 3 is 2.50 bits per heavy atom. The predicted molar refractivity (Wildman–Crippen MR) is 79.4 cm³/mol. The van der Waals surface area contributed by atoms with Gasteiger partial charge in [0, 0.05) is 25.8 Å². The topological polar surface area (TPSA) is 64.7 Å². The Kier molecular flexibility index (Phi) is 3.40. The van der Waals surface area contributed by atoms with E-state index in [1.165, 1.54) is 17.5 Å². The van der Waals surface area contributed by atoms with E-state index in [9.17, 15) is 0 Å². The Labute approximate surface area is 128 Å². The summed E-state index contributed by atoms with van der Waals surface area (Å²) in [7, 11) is 0. The zero-order valence-electron chi connectivity index (χ0n) is 12.2. The molecule has 3 aromatic rings. The zero-order chi connectivity index (χ0) is 14.8. The van der Waals surface area contributed by atoms with Gasteiger partial charge in [0.2, 0.25) is 0 Å². The van der Waals surface area contributed by atoms with Gasteiger partial charge >= 0.3 is 0 Å². The molecular formula is C15H17N7. The molecule has 0 aliphatic carbocycles. The molecule has 1 aliphatic heterocycles. The van der Waals surface area contributed by atoms with E-state index in [1.54, 1.807) is 11.0 Å². The van der Waals surface area contributed by atoms with E-state index in [1.807, 2.05) is 10.9 Å². The molecule has 1 aliphatic rings. The molecule has 0 saturated carbocycles. The molecule has 112 valence electrons. The van der Waals surface area contributed by atoms with Crippen molar-refractivity contribution in [3.63, 3.8) is 0 Å². The average molecular weight is 295 g/mol. The summed E-state index contributed by atoms with van der Waals surface area (Å²) in [5.41, 5.74) is 3.84. The van der Waals surface area contributed by atoms with Crippen molar-refractivity contribution in [2.24, 2.45) is 0 Å². The number of hydrogen-bond acceptors (Lipinski definition) is 5. The van der Waals surface area contributed by atoms with Gasteiger partial charge in [0.25, 0.3) is 0 Å². The molecule has 0 amide bonds. The standard InChI is InChI=1S/C15H17N7/c1-2-4-14-8-20(7-13(14)3-1)9-15-10-21(19-18-15)5-6-22-12-16-11-17-22/h1-4,10-12H,5-9H2. The molecule has 2 aromatic heterocycles. The van der Waals surface area contributed by atoms with Gasteiger partial charge in [-0.15, -0.1) is 5.10 Å². The van der Waals surface area contributed by atoms with Crippen molar-refractivity contribution in [2.75, 3.05) is 0 Å². The molecular weight excluding hydrogens is 278 g/mol. The first-order valence-electron chi connectivity index (χ1n) is 7.37. The lowest BCUT2D eigenvalue weighted by Crippen LogP contribution is -2.15. The van der Waals surface area contributed by atoms with Crippen molar-refractivity contribution >= 4 is 0 Å². The third-order valence-corrected chi connectivity index (χ3v) is 3.90. The molecule has 0 unspecified atom stereocenters. The van der Waals surface area contributed by atoms with Gasteiger partial charge in [0.15, 0.2) is 0 Å². The Hall–Kier alpha value is -2.54. The zero-order valence-corrected chi connectivity index (χ0v) is 12.2. The average Bonchev–Trinajstić information content (AvgIpc) is 3.26. The van der Waals surface area contributed by atoms with Crippen molar-refractivity contribution in [2.45, 2.75) is 32.7 Å². The summed E-state index contributed by atoms with van der Waals surface area (Å²) in [5, 5.41) is 12.5. The summed E-state index contributed by atoms with van der Waals surface area (Å²) >= 11 is 0. The van der Waals surface area contributed by atoms with Crippen LogP contribution in [0.25, 0.3) is 0 Å². The number of rotatable bonds is 5. The summed E-state index contributed by atoms with van der Waals surface area (Å²) in [6, 6.07) is 8.60. The maximum Gasteiger partial charge on any atom is 0.137 e. The monoisotopic (exact) mass is 295 g/mol. The Balaban J connectivity index is 1.35. The summed E-state index contributed by atoms with van der Waals surface area (Å²) in [4.78, 5) is 6.31. The molecule has 0 radical (unpaired) electrons. The largest absolute Gasteiger partial charge is 0.289 e. The van der Waals surface area contributed by atoms with Gasteiger partial charge in [-0.25, -0.2) is 4.98 Å². The van der Waals surface area contributed by atoms with Crippen LogP contribution in [0.15, 0.2) is 43.1 Å². The van der Waals surface area contributed by atoms with Crippen LogP contribution in [-0.4, -0.2) is 34.7 Å². The van der Waals surface area contributed by atoms with E-state index in [0.29, 0.717) is 0 Å². The molecule has 7 nitrogen and oxygen atoms in total. The first kappa shape index (κ1) is 13.1. The second-order valence-electron chi connectivity index (χ2n) is 5.55. The van der Waals surface area contributed by atoms with E-state index in [-0.39, 0.29) is 0 Å². The third-order valence-electron chi connectivity index (χ3n) is 3.90. The quantitative estimate of drug-likeness (QED) is 0.705. The minimum absolute atomic E-state index is 0.747. The van der Waals surface area contributed by atoms with Crippen molar-refractivity contribution in [1.82, 2.24) is 34.7 Å². The van der Waals surface area contributed by atoms with Crippen LogP contribution in [0.1, 0.15) is 16.8 Å². The maximum atomic E-state index is 4.27. The Morgan fingerprint density at radius 2 is 1.77 bits per heavy atom. The number of benzene rings is 1. The normalized spacial score (nSPS) is 14.4. The molecule has 3 heterocycles. The first-order chi connectivity index (χ1) is 10.9. The number of aryl methyl sites for hydroxylation is 2. The second-order valence-corrected chi connectivity index (χ2v) is 5.55. The summed E-state index contributed by atoms with van der Waals surface area (Å²) < 4.78 is 3.65. The van der Waals surface area contributed by atoms with Crippen LogP contribution >= 0.6 is 0 Å². The highest BCUT2D eigenvalue weighted by molar-refractivity contribution is 5.30. The molecule has 1 aromatic carbocycles. The lowest BCUT2D eigenvalue weighted by Gasteiger charge is -2.11. The minimum atomic E-state index is 0.747. The van der Waals surface area contributed by atoms with Crippen LogP contribution in [-0.2, 0) is 32.7 Å². The van der Waals surface area contributed by atoms with Crippen molar-refractivity contribution in [3.05, 3.63) is 59.9 Å². The second kappa shape index (κ2) is 5.69. The summed E-state index contributed by atoms with van der Waals surface area (Å²) in [6.45, 7) is 4.30. The number of hydrogen-bond donors (Lipinski definition) is 0. The summed E-state index contributed by atoms with van der Waals surface area (Å²) in [6.07, 6.45) is 5.26. The van der Waals surface area contributed by atoms with Crippen molar-refractivity contribution < 1.29 is 0 Å². The maximum absolute atomic E-state index is 4.27. The minimum Gasteiger partial charge on any atom is -0.289 e. The highest BCUT2D eigenvalue weighted by Gasteiger charge is 2.19. The highest BCUT2D eigenvalue weighted by Crippen LogP contribution is 2.23. The van der Waals surface area contributed by atoms with Gasteiger partial charge in [-0.05, 0) is 11.1 Å². The smallest absolute Gasteiger partial charge is 0.137 e. The van der Waals surface area contributed by atoms with E-state index < -0.39 is 0 Å². The van der Waals surface area contributed by atoms with Crippen LogP contribution < -0.4 is 0 Å². The Bertz CT molecular complexity index is 722. The number of aromatic nitrogens is 6. The molecule has 0 fully saturated rings. The van der Waals surface area contributed by atoms with E-state index in [0.717, 1.165) is 38.4 Å². The van der Waals surface area contributed by atoms with Crippen molar-refractivity contribution in [1.29, 1.82) is 0 Å². The molecule has 4 rings (SSSR count). The van der Waals surface area contributed by atoms with Crippen LogP contribution in [0.5, 0.6) is 0 Å². The van der Waals surface area contributed by atoms with Crippen molar-refractivity contribution in [3.8, 4) is 0 Å². The fourth-order valence-electron chi connectivity index (χ4n) is 2.82. The molecule has 0 saturated heterocycles. The van der Waals surface area contributed by atoms with Crippen LogP contribution in [0, 0.1) is 0 Å². The van der Waals surface area contributed by atoms with E-state index >= 15 is 0 Å². The fraction of sp³-hybridized carbons (Fsp3) is 0.333. The van der Waals surface area contributed by atoms with Gasteiger partial charge in [0.1, 0.15) is 12.7 Å². The lowest BCUT2D eigenvalue weighted by molar-refractivity contribution is 0.272. The number of fused-ring (bicyclic) bond motifs is 1. The highest BCUT2D eigenvalue weighted by atomic mass is 15.4. The molecule has 0 bridgehead atoms.